The molecular weight excluding hydrogens is 493 g/mol. The molecule has 1 heterocycles. The van der Waals surface area contributed by atoms with Gasteiger partial charge >= 0.3 is 0 Å². The van der Waals surface area contributed by atoms with Crippen molar-refractivity contribution in [3.8, 4) is 0 Å². The summed E-state index contributed by atoms with van der Waals surface area (Å²) in [6.07, 6.45) is 0. The maximum Gasteiger partial charge on any atom is 0.227 e. The molecule has 0 saturated heterocycles. The number of halogens is 5. The third kappa shape index (κ3) is 3.80. The van der Waals surface area contributed by atoms with E-state index in [0.717, 1.165) is 18.3 Å². The van der Waals surface area contributed by atoms with Gasteiger partial charge in [0.2, 0.25) is 10.6 Å². The summed E-state index contributed by atoms with van der Waals surface area (Å²) in [7, 11) is 0. The van der Waals surface area contributed by atoms with E-state index in [1.54, 1.807) is 0 Å². The topological polar surface area (TPSA) is 38.7 Å². The Balaban J connectivity index is 2.40. The van der Waals surface area contributed by atoms with E-state index >= 15 is 0 Å². The highest BCUT2D eigenvalue weighted by molar-refractivity contribution is 9.11. The van der Waals surface area contributed by atoms with Crippen molar-refractivity contribution in [1.82, 2.24) is 15.0 Å². The highest BCUT2D eigenvalue weighted by Crippen LogP contribution is 2.39. The highest BCUT2D eigenvalue weighted by Gasteiger charge is 2.12. The van der Waals surface area contributed by atoms with Crippen molar-refractivity contribution in [2.24, 2.45) is 0 Å². The molecule has 0 radical (unpaired) electrons. The molecule has 0 amide bonds. The van der Waals surface area contributed by atoms with E-state index in [1.807, 2.05) is 12.1 Å². The summed E-state index contributed by atoms with van der Waals surface area (Å²) >= 11 is 23.1. The lowest BCUT2D eigenvalue weighted by Gasteiger charge is -2.07. The Kier molecular flexibility index (Phi) is 5.30. The first kappa shape index (κ1) is 15.0. The van der Waals surface area contributed by atoms with Crippen LogP contribution in [0.4, 0.5) is 0 Å². The monoisotopic (exact) mass is 491 g/mol. The number of aromatic nitrogens is 3. The van der Waals surface area contributed by atoms with E-state index < -0.39 is 0 Å². The lowest BCUT2D eigenvalue weighted by Crippen LogP contribution is -1.92. The molecule has 0 N–H and O–H groups in total. The lowest BCUT2D eigenvalue weighted by molar-refractivity contribution is 0.903. The Hall–Kier alpha value is 0.600. The van der Waals surface area contributed by atoms with Gasteiger partial charge in [0.1, 0.15) is 0 Å². The van der Waals surface area contributed by atoms with E-state index in [9.17, 15) is 0 Å². The molecule has 3 nitrogen and oxygen atoms in total. The molecule has 0 unspecified atom stereocenters. The standard InChI is InChI=1S/C9H2Br3Cl2N3S/c10-3-1-4(11)6(5(12)2-3)18-9-16-7(13)15-8(14)17-9/h1-2H. The van der Waals surface area contributed by atoms with E-state index in [1.165, 1.54) is 11.8 Å². The normalized spacial score (nSPS) is 10.7. The minimum absolute atomic E-state index is 0.0712. The number of rotatable bonds is 2. The summed E-state index contributed by atoms with van der Waals surface area (Å²) < 4.78 is 2.76. The predicted octanol–water partition coefficient (Wildman–Crippen LogP) is 5.62. The van der Waals surface area contributed by atoms with Crippen LogP contribution in [0.15, 0.2) is 35.6 Å². The van der Waals surface area contributed by atoms with Gasteiger partial charge in [-0.1, -0.05) is 15.9 Å². The van der Waals surface area contributed by atoms with Crippen LogP contribution in [0.25, 0.3) is 0 Å². The largest absolute Gasteiger partial charge is 0.227 e. The summed E-state index contributed by atoms with van der Waals surface area (Å²) in [5, 5.41) is 0.576. The molecule has 0 fully saturated rings. The van der Waals surface area contributed by atoms with Crippen LogP contribution in [-0.2, 0) is 0 Å². The molecule has 94 valence electrons. The molecule has 2 aromatic rings. The van der Waals surface area contributed by atoms with Crippen molar-refractivity contribution in [1.29, 1.82) is 0 Å². The molecule has 18 heavy (non-hydrogen) atoms. The Morgan fingerprint density at radius 2 is 1.39 bits per heavy atom. The molecule has 0 saturated carbocycles. The van der Waals surface area contributed by atoms with Crippen LogP contribution in [0.5, 0.6) is 0 Å². The molecule has 9 heteroatoms. The Labute approximate surface area is 142 Å². The first-order valence-electron chi connectivity index (χ1n) is 4.35. The van der Waals surface area contributed by atoms with Crippen LogP contribution in [0.1, 0.15) is 0 Å². The van der Waals surface area contributed by atoms with Crippen LogP contribution >= 0.6 is 82.8 Å². The van der Waals surface area contributed by atoms with Crippen molar-refractivity contribution in [2.75, 3.05) is 0 Å². The smallest absolute Gasteiger partial charge is 0.191 e. The lowest BCUT2D eigenvalue weighted by atomic mass is 10.4. The fourth-order valence-corrected chi connectivity index (χ4v) is 5.04. The Morgan fingerprint density at radius 3 is 1.89 bits per heavy atom. The van der Waals surface area contributed by atoms with Crippen molar-refractivity contribution in [3.63, 3.8) is 0 Å². The van der Waals surface area contributed by atoms with Crippen LogP contribution in [0.3, 0.4) is 0 Å². The third-order valence-corrected chi connectivity index (χ3v) is 5.30. The van der Waals surface area contributed by atoms with Crippen molar-refractivity contribution >= 4 is 82.8 Å². The van der Waals surface area contributed by atoms with Gasteiger partial charge in [-0.3, -0.25) is 0 Å². The number of hydrogen-bond donors (Lipinski definition) is 0. The summed E-state index contributed by atoms with van der Waals surface area (Å²) in [4.78, 5) is 12.6. The average Bonchev–Trinajstić information content (AvgIpc) is 2.22. The van der Waals surface area contributed by atoms with Crippen molar-refractivity contribution in [3.05, 3.63) is 36.1 Å². The zero-order valence-corrected chi connectivity index (χ0v) is 15.4. The van der Waals surface area contributed by atoms with Gasteiger partial charge in [0.25, 0.3) is 0 Å². The second kappa shape index (κ2) is 6.37. The van der Waals surface area contributed by atoms with Crippen LogP contribution in [0, 0.1) is 0 Å². The summed E-state index contributed by atoms with van der Waals surface area (Å²) in [6.45, 7) is 0. The fraction of sp³-hybridized carbons (Fsp3) is 0. The van der Waals surface area contributed by atoms with Gasteiger partial charge in [-0.15, -0.1) is 0 Å². The summed E-state index contributed by atoms with van der Waals surface area (Å²) in [5.74, 6) is 0. The second-order valence-electron chi connectivity index (χ2n) is 2.96. The second-order valence-corrected chi connectivity index (χ2v) is 7.23. The van der Waals surface area contributed by atoms with Crippen molar-refractivity contribution < 1.29 is 0 Å². The third-order valence-electron chi connectivity index (χ3n) is 1.72. The van der Waals surface area contributed by atoms with Crippen LogP contribution in [0.2, 0.25) is 10.6 Å². The van der Waals surface area contributed by atoms with E-state index in [4.69, 9.17) is 23.2 Å². The molecule has 0 aliphatic heterocycles. The number of nitrogens with zero attached hydrogens (tertiary/aromatic N) is 3. The summed E-state index contributed by atoms with van der Waals surface area (Å²) in [6, 6.07) is 3.86. The van der Waals surface area contributed by atoms with Crippen LogP contribution < -0.4 is 0 Å². The maximum atomic E-state index is 5.73. The molecule has 0 aliphatic carbocycles. The van der Waals surface area contributed by atoms with E-state index in [0.29, 0.717) is 5.16 Å². The molecule has 0 spiro atoms. The summed E-state index contributed by atoms with van der Waals surface area (Å²) in [5.41, 5.74) is 0. The first-order valence-corrected chi connectivity index (χ1v) is 8.30. The zero-order valence-electron chi connectivity index (χ0n) is 8.29. The molecule has 0 bridgehead atoms. The highest BCUT2D eigenvalue weighted by atomic mass is 79.9. The van der Waals surface area contributed by atoms with Gasteiger partial charge in [0.05, 0.1) is 0 Å². The van der Waals surface area contributed by atoms with Gasteiger partial charge < -0.3 is 0 Å². The minimum Gasteiger partial charge on any atom is -0.191 e. The molecule has 0 aliphatic rings. The number of benzene rings is 1. The van der Waals surface area contributed by atoms with E-state index in [2.05, 4.69) is 62.7 Å². The van der Waals surface area contributed by atoms with Gasteiger partial charge in [0.15, 0.2) is 5.16 Å². The zero-order chi connectivity index (χ0) is 13.3. The SMILES string of the molecule is Clc1nc(Cl)nc(Sc2c(Br)cc(Br)cc2Br)n1. The number of hydrogen-bond acceptors (Lipinski definition) is 4. The van der Waals surface area contributed by atoms with Crippen molar-refractivity contribution in [2.45, 2.75) is 10.1 Å². The molecule has 1 aromatic carbocycles. The Bertz CT molecular complexity index is 568. The minimum atomic E-state index is 0.0712. The first-order chi connectivity index (χ1) is 8.45. The molecule has 0 atom stereocenters. The molecular formula is C9H2Br3Cl2N3S. The van der Waals surface area contributed by atoms with Gasteiger partial charge in [0, 0.05) is 18.3 Å². The van der Waals surface area contributed by atoms with Gasteiger partial charge in [-0.25, -0.2) is 0 Å². The molecule has 1 aromatic heterocycles. The quantitative estimate of drug-likeness (QED) is 0.543. The molecule has 2 rings (SSSR count). The maximum absolute atomic E-state index is 5.73. The van der Waals surface area contributed by atoms with Gasteiger partial charge in [-0.05, 0) is 79.0 Å². The predicted molar refractivity (Wildman–Crippen MR) is 83.5 cm³/mol. The Morgan fingerprint density at radius 1 is 0.889 bits per heavy atom. The van der Waals surface area contributed by atoms with Crippen LogP contribution in [-0.4, -0.2) is 15.0 Å². The fourth-order valence-electron chi connectivity index (χ4n) is 1.07. The van der Waals surface area contributed by atoms with E-state index in [-0.39, 0.29) is 10.6 Å². The van der Waals surface area contributed by atoms with Gasteiger partial charge in [-0.2, -0.15) is 15.0 Å². The average molecular weight is 495 g/mol.